The van der Waals surface area contributed by atoms with Crippen LogP contribution in [0.5, 0.6) is 0 Å². The van der Waals surface area contributed by atoms with Crippen molar-refractivity contribution in [3.63, 3.8) is 0 Å². The van der Waals surface area contributed by atoms with E-state index < -0.39 is 29.3 Å². The fourth-order valence-corrected chi connectivity index (χ4v) is 3.71. The van der Waals surface area contributed by atoms with Crippen LogP contribution >= 0.6 is 27.7 Å². The molecule has 0 atom stereocenters. The third kappa shape index (κ3) is 4.74. The third-order valence-electron chi connectivity index (χ3n) is 3.74. The molecule has 0 spiro atoms. The Balaban J connectivity index is 1.80. The number of hydrogen-bond donors (Lipinski definition) is 0. The number of rotatable bonds is 4. The largest absolute Gasteiger partial charge is 0.459 e. The highest BCUT2D eigenvalue weighted by atomic mass is 79.9. The van der Waals surface area contributed by atoms with E-state index in [1.54, 1.807) is 26.8 Å². The topological polar surface area (TPSA) is 68.6 Å². The lowest BCUT2D eigenvalue weighted by molar-refractivity contribution is -0.156. The van der Waals surface area contributed by atoms with E-state index in [1.807, 2.05) is 47.2 Å². The zero-order valence-electron chi connectivity index (χ0n) is 15.6. The Kier molecular flexibility index (Phi) is 5.81. The van der Waals surface area contributed by atoms with Gasteiger partial charge in [-0.3, -0.25) is 19.3 Å². The van der Waals surface area contributed by atoms with Gasteiger partial charge in [0.1, 0.15) is 12.1 Å². The molecule has 1 fully saturated rings. The molecule has 0 bridgehead atoms. The van der Waals surface area contributed by atoms with Crippen LogP contribution < -0.4 is 0 Å². The molecule has 1 aromatic carbocycles. The highest BCUT2D eigenvalue weighted by molar-refractivity contribution is 9.10. The van der Waals surface area contributed by atoms with E-state index in [9.17, 15) is 14.4 Å². The Hall–Kier alpha value is -2.32. The molecule has 0 aliphatic carbocycles. The second kappa shape index (κ2) is 7.97. The molecule has 28 heavy (non-hydrogen) atoms. The highest BCUT2D eigenvalue weighted by Gasteiger charge is 2.37. The van der Waals surface area contributed by atoms with Gasteiger partial charge in [-0.1, -0.05) is 15.9 Å². The van der Waals surface area contributed by atoms with E-state index in [4.69, 9.17) is 4.74 Å². The minimum atomic E-state index is -0.680. The molecule has 2 amide bonds. The van der Waals surface area contributed by atoms with Crippen molar-refractivity contribution in [1.82, 2.24) is 9.47 Å². The molecule has 1 aromatic heterocycles. The summed E-state index contributed by atoms with van der Waals surface area (Å²) in [6, 6.07) is 11.4. The minimum absolute atomic E-state index is 0.269. The van der Waals surface area contributed by atoms with Crippen LogP contribution in [0.3, 0.4) is 0 Å². The summed E-state index contributed by atoms with van der Waals surface area (Å²) in [5.74, 6) is -1.11. The molecule has 0 saturated carbocycles. The van der Waals surface area contributed by atoms with E-state index in [0.717, 1.165) is 32.5 Å². The van der Waals surface area contributed by atoms with Crippen LogP contribution in [0.1, 0.15) is 26.5 Å². The van der Waals surface area contributed by atoms with Crippen LogP contribution in [-0.2, 0) is 14.3 Å². The normalized spacial score (nSPS) is 16.1. The Labute approximate surface area is 175 Å². The van der Waals surface area contributed by atoms with Gasteiger partial charge in [-0.15, -0.1) is 0 Å². The van der Waals surface area contributed by atoms with Gasteiger partial charge in [-0.2, -0.15) is 0 Å². The molecule has 3 rings (SSSR count). The van der Waals surface area contributed by atoms with Crippen LogP contribution in [0.2, 0.25) is 0 Å². The Bertz CT molecular complexity index is 957. The first-order valence-corrected chi connectivity index (χ1v) is 10.2. The van der Waals surface area contributed by atoms with Crippen molar-refractivity contribution < 1.29 is 19.1 Å². The number of aromatic nitrogens is 1. The maximum absolute atomic E-state index is 12.6. The minimum Gasteiger partial charge on any atom is -0.459 e. The van der Waals surface area contributed by atoms with Crippen LogP contribution in [0.25, 0.3) is 11.8 Å². The smallest absolute Gasteiger partial charge is 0.326 e. The first-order valence-electron chi connectivity index (χ1n) is 8.54. The van der Waals surface area contributed by atoms with Gasteiger partial charge < -0.3 is 9.30 Å². The SMILES string of the molecule is CC(C)(C)OC(=O)CN1C(=O)SC(=Cc2cccn2-c2ccc(Br)cc2)C1=O. The number of thioether (sulfide) groups is 1. The Morgan fingerprint density at radius 3 is 2.50 bits per heavy atom. The summed E-state index contributed by atoms with van der Waals surface area (Å²) in [5.41, 5.74) is 0.998. The van der Waals surface area contributed by atoms with Gasteiger partial charge in [0.15, 0.2) is 0 Å². The van der Waals surface area contributed by atoms with E-state index in [1.165, 1.54) is 0 Å². The molecule has 2 heterocycles. The molecular formula is C20H19BrN2O4S. The molecule has 1 aliphatic heterocycles. The average molecular weight is 463 g/mol. The third-order valence-corrected chi connectivity index (χ3v) is 5.18. The molecule has 6 nitrogen and oxygen atoms in total. The number of hydrogen-bond acceptors (Lipinski definition) is 5. The molecule has 0 N–H and O–H groups in total. The van der Waals surface area contributed by atoms with Gasteiger partial charge in [0.25, 0.3) is 11.1 Å². The molecule has 1 aliphatic rings. The zero-order chi connectivity index (χ0) is 20.5. The number of benzene rings is 1. The maximum Gasteiger partial charge on any atom is 0.326 e. The number of carbonyl (C=O) groups is 3. The first kappa shape index (κ1) is 20.4. The summed E-state index contributed by atoms with van der Waals surface area (Å²) in [7, 11) is 0. The van der Waals surface area contributed by atoms with Crippen LogP contribution in [0.4, 0.5) is 4.79 Å². The summed E-state index contributed by atoms with van der Waals surface area (Å²) < 4.78 is 8.08. The number of carbonyl (C=O) groups excluding carboxylic acids is 3. The van der Waals surface area contributed by atoms with Gasteiger partial charge in [0.05, 0.1) is 4.91 Å². The van der Waals surface area contributed by atoms with Gasteiger partial charge >= 0.3 is 5.97 Å². The van der Waals surface area contributed by atoms with Crippen molar-refractivity contribution >= 4 is 50.9 Å². The fourth-order valence-electron chi connectivity index (χ4n) is 2.62. The summed E-state index contributed by atoms with van der Waals surface area (Å²) in [6.45, 7) is 4.80. The lowest BCUT2D eigenvalue weighted by atomic mass is 10.2. The van der Waals surface area contributed by atoms with E-state index in [0.29, 0.717) is 0 Å². The lowest BCUT2D eigenvalue weighted by Crippen LogP contribution is -2.37. The summed E-state index contributed by atoms with van der Waals surface area (Å²) in [6.07, 6.45) is 3.53. The van der Waals surface area contributed by atoms with Crippen molar-refractivity contribution in [2.45, 2.75) is 26.4 Å². The molecule has 0 unspecified atom stereocenters. The molecule has 1 saturated heterocycles. The number of halogens is 1. The predicted octanol–water partition coefficient (Wildman–Crippen LogP) is 4.62. The second-order valence-corrected chi connectivity index (χ2v) is 9.04. The van der Waals surface area contributed by atoms with Crippen molar-refractivity contribution in [1.29, 1.82) is 0 Å². The van der Waals surface area contributed by atoms with E-state index >= 15 is 0 Å². The molecule has 2 aromatic rings. The Morgan fingerprint density at radius 1 is 1.18 bits per heavy atom. The average Bonchev–Trinajstić information content (AvgIpc) is 3.15. The van der Waals surface area contributed by atoms with Crippen molar-refractivity contribution in [2.24, 2.45) is 0 Å². The number of imide groups is 1. The second-order valence-electron chi connectivity index (χ2n) is 7.13. The number of nitrogens with zero attached hydrogens (tertiary/aromatic N) is 2. The van der Waals surface area contributed by atoms with Crippen molar-refractivity contribution in [2.75, 3.05) is 6.54 Å². The molecule has 146 valence electrons. The van der Waals surface area contributed by atoms with Crippen LogP contribution in [-0.4, -0.2) is 38.7 Å². The fraction of sp³-hybridized carbons (Fsp3) is 0.250. The number of ether oxygens (including phenoxy) is 1. The molecule has 0 radical (unpaired) electrons. The standard InChI is InChI=1S/C20H19BrN2O4S/c1-20(2,3)27-17(24)12-23-18(25)16(28-19(23)26)11-15-5-4-10-22(15)14-8-6-13(21)7-9-14/h4-11H,12H2,1-3H3. The molecular weight excluding hydrogens is 444 g/mol. The van der Waals surface area contributed by atoms with E-state index in [-0.39, 0.29) is 4.91 Å². The van der Waals surface area contributed by atoms with Gasteiger partial charge in [-0.05, 0) is 75.0 Å². The Morgan fingerprint density at radius 2 is 1.86 bits per heavy atom. The number of esters is 1. The summed E-state index contributed by atoms with van der Waals surface area (Å²) >= 11 is 4.22. The summed E-state index contributed by atoms with van der Waals surface area (Å²) in [4.78, 5) is 38.0. The zero-order valence-corrected chi connectivity index (χ0v) is 18.0. The predicted molar refractivity (Wildman–Crippen MR) is 112 cm³/mol. The maximum atomic E-state index is 12.6. The monoisotopic (exact) mass is 462 g/mol. The van der Waals surface area contributed by atoms with Crippen LogP contribution in [0.15, 0.2) is 52.0 Å². The van der Waals surface area contributed by atoms with Crippen molar-refractivity contribution in [3.8, 4) is 5.69 Å². The number of amides is 2. The van der Waals surface area contributed by atoms with Gasteiger partial charge in [0, 0.05) is 22.1 Å². The lowest BCUT2D eigenvalue weighted by Gasteiger charge is -2.21. The summed E-state index contributed by atoms with van der Waals surface area (Å²) in [5, 5.41) is -0.483. The first-order chi connectivity index (χ1) is 13.1. The highest BCUT2D eigenvalue weighted by Crippen LogP contribution is 2.32. The quantitative estimate of drug-likeness (QED) is 0.489. The van der Waals surface area contributed by atoms with Gasteiger partial charge in [0.2, 0.25) is 0 Å². The van der Waals surface area contributed by atoms with Crippen LogP contribution in [0, 0.1) is 0 Å². The van der Waals surface area contributed by atoms with E-state index in [2.05, 4.69) is 15.9 Å². The van der Waals surface area contributed by atoms with Gasteiger partial charge in [-0.25, -0.2) is 0 Å². The molecule has 8 heteroatoms. The van der Waals surface area contributed by atoms with Crippen molar-refractivity contribution in [3.05, 3.63) is 57.7 Å².